The van der Waals surface area contributed by atoms with Gasteiger partial charge in [0.25, 0.3) is 0 Å². The molecule has 1 aliphatic heterocycles. The van der Waals surface area contributed by atoms with E-state index in [0.29, 0.717) is 17.9 Å². The maximum Gasteiger partial charge on any atom is 0.134 e. The van der Waals surface area contributed by atoms with Crippen LogP contribution in [-0.4, -0.2) is 29.3 Å². The van der Waals surface area contributed by atoms with Gasteiger partial charge in [-0.25, -0.2) is 0 Å². The van der Waals surface area contributed by atoms with Gasteiger partial charge in [0.2, 0.25) is 0 Å². The van der Waals surface area contributed by atoms with Crippen molar-refractivity contribution in [2.24, 2.45) is 5.92 Å². The zero-order valence-electron chi connectivity index (χ0n) is 10.0. The van der Waals surface area contributed by atoms with Crippen LogP contribution in [0.25, 0.3) is 0 Å². The molecule has 0 aromatic carbocycles. The fourth-order valence-electron chi connectivity index (χ4n) is 3.35. The largest absolute Gasteiger partial charge is 0.300 e. The molecule has 3 unspecified atom stereocenters. The van der Waals surface area contributed by atoms with Crippen LogP contribution in [0.4, 0.5) is 0 Å². The van der Waals surface area contributed by atoms with E-state index >= 15 is 0 Å². The van der Waals surface area contributed by atoms with E-state index in [9.17, 15) is 4.79 Å². The SMILES string of the molecule is CCC1CCC(=O)CC1N1CCCC1C. The predicted octanol–water partition coefficient (Wildman–Crippen LogP) is 2.62. The molecule has 86 valence electrons. The van der Waals surface area contributed by atoms with Crippen LogP contribution in [0.1, 0.15) is 52.4 Å². The summed E-state index contributed by atoms with van der Waals surface area (Å²) in [7, 11) is 0. The van der Waals surface area contributed by atoms with Gasteiger partial charge in [-0.05, 0) is 38.6 Å². The smallest absolute Gasteiger partial charge is 0.134 e. The molecule has 0 aromatic rings. The summed E-state index contributed by atoms with van der Waals surface area (Å²) >= 11 is 0. The first kappa shape index (κ1) is 11.1. The van der Waals surface area contributed by atoms with Crippen molar-refractivity contribution in [3.05, 3.63) is 0 Å². The summed E-state index contributed by atoms with van der Waals surface area (Å²) in [6.45, 7) is 5.81. The van der Waals surface area contributed by atoms with E-state index in [2.05, 4.69) is 18.7 Å². The summed E-state index contributed by atoms with van der Waals surface area (Å²) in [5.74, 6) is 1.26. The van der Waals surface area contributed by atoms with Gasteiger partial charge in [-0.3, -0.25) is 9.69 Å². The second-order valence-electron chi connectivity index (χ2n) is 5.25. The minimum atomic E-state index is 0.490. The molecule has 0 bridgehead atoms. The minimum Gasteiger partial charge on any atom is -0.300 e. The Balaban J connectivity index is 2.05. The zero-order valence-corrected chi connectivity index (χ0v) is 10.0. The van der Waals surface area contributed by atoms with Crippen molar-refractivity contribution < 1.29 is 4.79 Å². The van der Waals surface area contributed by atoms with E-state index in [0.717, 1.165) is 25.2 Å². The molecule has 0 radical (unpaired) electrons. The first-order chi connectivity index (χ1) is 7.22. The van der Waals surface area contributed by atoms with Gasteiger partial charge in [0.05, 0.1) is 0 Å². The molecule has 2 rings (SSSR count). The van der Waals surface area contributed by atoms with Gasteiger partial charge in [0, 0.05) is 24.9 Å². The molecule has 2 heteroatoms. The van der Waals surface area contributed by atoms with Crippen LogP contribution in [0.15, 0.2) is 0 Å². The molecular formula is C13H23NO. The third-order valence-electron chi connectivity index (χ3n) is 4.33. The Hall–Kier alpha value is -0.370. The lowest BCUT2D eigenvalue weighted by Gasteiger charge is -2.39. The Morgan fingerprint density at radius 3 is 2.80 bits per heavy atom. The van der Waals surface area contributed by atoms with Gasteiger partial charge in [-0.15, -0.1) is 0 Å². The lowest BCUT2D eigenvalue weighted by atomic mass is 9.81. The van der Waals surface area contributed by atoms with Crippen molar-refractivity contribution in [1.29, 1.82) is 0 Å². The Kier molecular flexibility index (Phi) is 3.45. The monoisotopic (exact) mass is 209 g/mol. The van der Waals surface area contributed by atoms with Crippen LogP contribution < -0.4 is 0 Å². The van der Waals surface area contributed by atoms with Crippen molar-refractivity contribution in [2.75, 3.05) is 6.54 Å². The van der Waals surface area contributed by atoms with Crippen LogP contribution in [0.5, 0.6) is 0 Å². The van der Waals surface area contributed by atoms with E-state index < -0.39 is 0 Å². The standard InChI is InChI=1S/C13H23NO/c1-3-11-6-7-12(15)9-13(11)14-8-4-5-10(14)2/h10-11,13H,3-9H2,1-2H3. The number of rotatable bonds is 2. The van der Waals surface area contributed by atoms with E-state index in [4.69, 9.17) is 0 Å². The van der Waals surface area contributed by atoms with E-state index in [1.54, 1.807) is 0 Å². The Morgan fingerprint density at radius 2 is 2.20 bits per heavy atom. The molecule has 1 saturated heterocycles. The summed E-state index contributed by atoms with van der Waals surface area (Å²) in [5, 5.41) is 0. The van der Waals surface area contributed by atoms with Crippen LogP contribution in [0, 0.1) is 5.92 Å². The summed E-state index contributed by atoms with van der Waals surface area (Å²) in [5.41, 5.74) is 0. The summed E-state index contributed by atoms with van der Waals surface area (Å²) in [6.07, 6.45) is 6.66. The highest BCUT2D eigenvalue weighted by Gasteiger charge is 2.36. The van der Waals surface area contributed by atoms with Crippen LogP contribution >= 0.6 is 0 Å². The van der Waals surface area contributed by atoms with Gasteiger partial charge in [0.15, 0.2) is 0 Å². The number of carbonyl (C=O) groups excluding carboxylic acids is 1. The molecule has 0 aromatic heterocycles. The molecule has 2 nitrogen and oxygen atoms in total. The highest BCUT2D eigenvalue weighted by Crippen LogP contribution is 2.33. The highest BCUT2D eigenvalue weighted by molar-refractivity contribution is 5.79. The van der Waals surface area contributed by atoms with Crippen molar-refractivity contribution in [3.8, 4) is 0 Å². The number of carbonyl (C=O) groups is 1. The van der Waals surface area contributed by atoms with E-state index in [-0.39, 0.29) is 0 Å². The maximum absolute atomic E-state index is 11.6. The number of hydrogen-bond donors (Lipinski definition) is 0. The third-order valence-corrected chi connectivity index (χ3v) is 4.33. The molecule has 1 aliphatic carbocycles. The summed E-state index contributed by atoms with van der Waals surface area (Å²) in [4.78, 5) is 14.2. The summed E-state index contributed by atoms with van der Waals surface area (Å²) in [6, 6.07) is 1.27. The minimum absolute atomic E-state index is 0.490. The number of nitrogens with zero attached hydrogens (tertiary/aromatic N) is 1. The Bertz CT molecular complexity index is 239. The maximum atomic E-state index is 11.6. The van der Waals surface area contributed by atoms with Crippen molar-refractivity contribution in [1.82, 2.24) is 4.90 Å². The molecule has 3 atom stereocenters. The quantitative estimate of drug-likeness (QED) is 0.697. The molecule has 0 N–H and O–H groups in total. The third kappa shape index (κ3) is 2.25. The lowest BCUT2D eigenvalue weighted by Crippen LogP contribution is -2.46. The first-order valence-electron chi connectivity index (χ1n) is 6.49. The molecule has 2 aliphatic rings. The molecule has 1 heterocycles. The fourth-order valence-corrected chi connectivity index (χ4v) is 3.35. The number of hydrogen-bond acceptors (Lipinski definition) is 2. The van der Waals surface area contributed by atoms with Crippen molar-refractivity contribution >= 4 is 5.78 Å². The van der Waals surface area contributed by atoms with Gasteiger partial charge in [-0.2, -0.15) is 0 Å². The molecule has 15 heavy (non-hydrogen) atoms. The molecule has 1 saturated carbocycles. The highest BCUT2D eigenvalue weighted by atomic mass is 16.1. The molecule has 0 spiro atoms. The topological polar surface area (TPSA) is 20.3 Å². The van der Waals surface area contributed by atoms with Crippen LogP contribution in [-0.2, 0) is 4.79 Å². The van der Waals surface area contributed by atoms with E-state index in [1.807, 2.05) is 0 Å². The molecule has 0 amide bonds. The van der Waals surface area contributed by atoms with Crippen molar-refractivity contribution in [2.45, 2.75) is 64.5 Å². The zero-order chi connectivity index (χ0) is 10.8. The fraction of sp³-hybridized carbons (Fsp3) is 0.923. The van der Waals surface area contributed by atoms with Crippen LogP contribution in [0.3, 0.4) is 0 Å². The average molecular weight is 209 g/mol. The lowest BCUT2D eigenvalue weighted by molar-refractivity contribution is -0.123. The van der Waals surface area contributed by atoms with Gasteiger partial charge >= 0.3 is 0 Å². The second-order valence-corrected chi connectivity index (χ2v) is 5.25. The molecular weight excluding hydrogens is 186 g/mol. The van der Waals surface area contributed by atoms with Crippen molar-refractivity contribution in [3.63, 3.8) is 0 Å². The normalized spacial score (nSPS) is 38.5. The first-order valence-corrected chi connectivity index (χ1v) is 6.49. The second kappa shape index (κ2) is 4.65. The Morgan fingerprint density at radius 1 is 1.40 bits per heavy atom. The van der Waals surface area contributed by atoms with Gasteiger partial charge < -0.3 is 0 Å². The van der Waals surface area contributed by atoms with Gasteiger partial charge in [0.1, 0.15) is 5.78 Å². The average Bonchev–Trinajstić information content (AvgIpc) is 2.64. The predicted molar refractivity (Wildman–Crippen MR) is 61.8 cm³/mol. The summed E-state index contributed by atoms with van der Waals surface area (Å²) < 4.78 is 0. The Labute approximate surface area is 93.0 Å². The van der Waals surface area contributed by atoms with E-state index in [1.165, 1.54) is 25.8 Å². The van der Waals surface area contributed by atoms with Crippen LogP contribution in [0.2, 0.25) is 0 Å². The number of Topliss-reactive ketones (excluding diaryl/α,β-unsaturated/α-hetero) is 1. The molecule has 2 fully saturated rings. The number of ketones is 1. The van der Waals surface area contributed by atoms with Gasteiger partial charge in [-0.1, -0.05) is 13.3 Å². The number of likely N-dealkylation sites (tertiary alicyclic amines) is 1.